The van der Waals surface area contributed by atoms with Crippen molar-refractivity contribution in [1.82, 2.24) is 29.1 Å². The summed E-state index contributed by atoms with van der Waals surface area (Å²) in [4.78, 5) is 54.6. The van der Waals surface area contributed by atoms with Crippen molar-refractivity contribution >= 4 is 5.91 Å². The van der Waals surface area contributed by atoms with E-state index in [0.29, 0.717) is 39.3 Å². The predicted molar refractivity (Wildman–Crippen MR) is 112 cm³/mol. The van der Waals surface area contributed by atoms with Gasteiger partial charge in [0.2, 0.25) is 0 Å². The van der Waals surface area contributed by atoms with Crippen LogP contribution in [0.4, 0.5) is 0 Å². The number of carbonyl (C=O) groups is 1. The predicted octanol–water partition coefficient (Wildman–Crippen LogP) is -0.614. The Labute approximate surface area is 173 Å². The van der Waals surface area contributed by atoms with Crippen molar-refractivity contribution in [3.63, 3.8) is 0 Å². The van der Waals surface area contributed by atoms with Crippen molar-refractivity contribution in [2.24, 2.45) is 7.05 Å². The minimum atomic E-state index is -0.602. The molecule has 0 atom stereocenters. The third-order valence-corrected chi connectivity index (χ3v) is 5.33. The molecule has 3 rings (SSSR count). The molecule has 0 aromatic carbocycles. The van der Waals surface area contributed by atoms with Crippen LogP contribution >= 0.6 is 0 Å². The lowest BCUT2D eigenvalue weighted by molar-refractivity contribution is 0.0628. The van der Waals surface area contributed by atoms with Crippen LogP contribution in [0.1, 0.15) is 36.8 Å². The molecule has 0 bridgehead atoms. The summed E-state index contributed by atoms with van der Waals surface area (Å²) in [5.41, 5.74) is -0.609. The second-order valence-corrected chi connectivity index (χ2v) is 8.54. The van der Waals surface area contributed by atoms with Crippen LogP contribution in [0.2, 0.25) is 0 Å². The fourth-order valence-electron chi connectivity index (χ4n) is 3.31. The molecule has 2 aromatic rings. The van der Waals surface area contributed by atoms with Crippen LogP contribution in [0.3, 0.4) is 0 Å². The third-order valence-electron chi connectivity index (χ3n) is 5.33. The molecule has 3 heterocycles. The Balaban J connectivity index is 1.60. The molecule has 1 aliphatic rings. The first kappa shape index (κ1) is 21.7. The zero-order valence-corrected chi connectivity index (χ0v) is 17.8. The van der Waals surface area contributed by atoms with Gasteiger partial charge in [0.05, 0.1) is 12.2 Å². The van der Waals surface area contributed by atoms with E-state index in [1.807, 2.05) is 0 Å². The smallest absolute Gasteiger partial charge is 0.328 e. The van der Waals surface area contributed by atoms with E-state index in [2.05, 4.69) is 35.8 Å². The second-order valence-electron chi connectivity index (χ2n) is 8.54. The molecule has 0 radical (unpaired) electrons. The summed E-state index contributed by atoms with van der Waals surface area (Å²) >= 11 is 0. The number of nitrogens with zero attached hydrogens (tertiary/aromatic N) is 5. The summed E-state index contributed by atoms with van der Waals surface area (Å²) in [6.45, 7) is 9.45. The fraction of sp³-hybridized carbons (Fsp3) is 0.550. The molecule has 0 unspecified atom stereocenters. The van der Waals surface area contributed by atoms with E-state index in [9.17, 15) is 19.2 Å². The van der Waals surface area contributed by atoms with Gasteiger partial charge in [-0.25, -0.2) is 9.48 Å². The van der Waals surface area contributed by atoms with Crippen LogP contribution in [-0.2, 0) is 19.0 Å². The Bertz CT molecular complexity index is 1100. The number of aromatic nitrogens is 4. The summed E-state index contributed by atoms with van der Waals surface area (Å²) in [6.07, 6.45) is 1.18. The minimum Gasteiger partial charge on any atom is -0.336 e. The molecule has 0 aliphatic carbocycles. The molecule has 30 heavy (non-hydrogen) atoms. The molecular weight excluding hydrogens is 388 g/mol. The number of piperazine rings is 1. The largest absolute Gasteiger partial charge is 0.336 e. The molecule has 1 amide bonds. The number of aromatic amines is 1. The maximum Gasteiger partial charge on any atom is 0.328 e. The van der Waals surface area contributed by atoms with Crippen molar-refractivity contribution in [2.45, 2.75) is 32.7 Å². The maximum atomic E-state index is 12.7. The number of rotatable bonds is 4. The zero-order valence-electron chi connectivity index (χ0n) is 17.8. The maximum absolute atomic E-state index is 12.7. The summed E-state index contributed by atoms with van der Waals surface area (Å²) in [6, 6.07) is 3.32. The van der Waals surface area contributed by atoms with E-state index in [4.69, 9.17) is 0 Å². The lowest BCUT2D eigenvalue weighted by atomic mass is 9.92. The fourth-order valence-corrected chi connectivity index (χ4v) is 3.31. The van der Waals surface area contributed by atoms with Crippen LogP contribution < -0.4 is 16.8 Å². The van der Waals surface area contributed by atoms with Gasteiger partial charge in [0.25, 0.3) is 17.0 Å². The molecule has 1 fully saturated rings. The Morgan fingerprint density at radius 2 is 1.73 bits per heavy atom. The molecule has 2 aromatic heterocycles. The third kappa shape index (κ3) is 4.59. The van der Waals surface area contributed by atoms with E-state index in [-0.39, 0.29) is 22.4 Å². The second kappa shape index (κ2) is 8.39. The summed E-state index contributed by atoms with van der Waals surface area (Å²) in [7, 11) is 1.33. The monoisotopic (exact) mass is 416 g/mol. The highest BCUT2D eigenvalue weighted by Crippen LogP contribution is 2.18. The average Bonchev–Trinajstić information content (AvgIpc) is 2.70. The number of H-pyrrole nitrogens is 1. The Hall–Kier alpha value is -3.01. The first-order valence-electron chi connectivity index (χ1n) is 9.97. The lowest BCUT2D eigenvalue weighted by Gasteiger charge is -2.34. The van der Waals surface area contributed by atoms with Crippen molar-refractivity contribution in [1.29, 1.82) is 0 Å². The first-order valence-corrected chi connectivity index (χ1v) is 9.97. The van der Waals surface area contributed by atoms with E-state index in [0.717, 1.165) is 10.3 Å². The van der Waals surface area contributed by atoms with Crippen molar-refractivity contribution < 1.29 is 4.79 Å². The van der Waals surface area contributed by atoms with Gasteiger partial charge in [0.1, 0.15) is 5.56 Å². The molecule has 1 saturated heterocycles. The number of amides is 1. The zero-order chi connectivity index (χ0) is 22.1. The molecule has 0 spiro atoms. The highest BCUT2D eigenvalue weighted by molar-refractivity contribution is 5.93. The van der Waals surface area contributed by atoms with Gasteiger partial charge in [-0.15, -0.1) is 0 Å². The highest BCUT2D eigenvalue weighted by atomic mass is 16.2. The van der Waals surface area contributed by atoms with Gasteiger partial charge < -0.3 is 9.88 Å². The minimum absolute atomic E-state index is 0.0414. The Kier molecular flexibility index (Phi) is 6.06. The summed E-state index contributed by atoms with van der Waals surface area (Å²) in [5, 5.41) is 4.48. The molecule has 1 N–H and O–H groups in total. The van der Waals surface area contributed by atoms with Crippen molar-refractivity contribution in [3.05, 3.63) is 60.8 Å². The molecule has 1 aliphatic heterocycles. The molecule has 10 heteroatoms. The van der Waals surface area contributed by atoms with Gasteiger partial charge >= 0.3 is 5.69 Å². The highest BCUT2D eigenvalue weighted by Gasteiger charge is 2.25. The number of hydrogen-bond donors (Lipinski definition) is 1. The van der Waals surface area contributed by atoms with Crippen molar-refractivity contribution in [2.75, 3.05) is 32.7 Å². The van der Waals surface area contributed by atoms with Crippen LogP contribution in [0, 0.1) is 0 Å². The van der Waals surface area contributed by atoms with Crippen LogP contribution in [0.5, 0.6) is 0 Å². The number of carbonyl (C=O) groups excluding carboxylic acids is 1. The van der Waals surface area contributed by atoms with E-state index in [1.165, 1.54) is 17.9 Å². The van der Waals surface area contributed by atoms with Gasteiger partial charge in [-0.1, -0.05) is 20.8 Å². The lowest BCUT2D eigenvalue weighted by Crippen LogP contribution is -2.51. The number of nitrogens with one attached hydrogen (secondary N) is 1. The molecule has 0 saturated carbocycles. The first-order chi connectivity index (χ1) is 14.1. The van der Waals surface area contributed by atoms with Crippen LogP contribution in [0.25, 0.3) is 0 Å². The molecular formula is C20H28N6O4. The SMILES string of the molecule is Cn1c(=O)[nH]cc(C(=O)N2CCN(CCn3nc(C(C)(C)C)ccc3=O)CC2)c1=O. The average molecular weight is 416 g/mol. The normalized spacial score (nSPS) is 15.4. The van der Waals surface area contributed by atoms with Gasteiger partial charge in [-0.3, -0.25) is 23.9 Å². The van der Waals surface area contributed by atoms with Gasteiger partial charge in [0.15, 0.2) is 0 Å². The van der Waals surface area contributed by atoms with Gasteiger partial charge in [-0.05, 0) is 6.07 Å². The summed E-state index contributed by atoms with van der Waals surface area (Å²) < 4.78 is 2.38. The standard InChI is InChI=1S/C20H28N6O4/c1-20(2,3)15-5-6-16(27)26(22-15)12-9-24-7-10-25(11-8-24)18(29)14-13-21-19(30)23(4)17(14)28/h5-6,13H,7-12H2,1-4H3,(H,21,30). The molecule has 162 valence electrons. The van der Waals surface area contributed by atoms with Gasteiger partial charge in [0, 0.05) is 57.4 Å². The van der Waals surface area contributed by atoms with Crippen LogP contribution in [0.15, 0.2) is 32.7 Å². The van der Waals surface area contributed by atoms with Crippen LogP contribution in [-0.4, -0.2) is 67.8 Å². The Morgan fingerprint density at radius 3 is 2.37 bits per heavy atom. The van der Waals surface area contributed by atoms with Gasteiger partial charge in [-0.2, -0.15) is 5.10 Å². The van der Waals surface area contributed by atoms with E-state index >= 15 is 0 Å². The molecule has 10 nitrogen and oxygen atoms in total. The van der Waals surface area contributed by atoms with E-state index in [1.54, 1.807) is 17.0 Å². The van der Waals surface area contributed by atoms with E-state index < -0.39 is 11.2 Å². The topological polar surface area (TPSA) is 113 Å². The Morgan fingerprint density at radius 1 is 1.07 bits per heavy atom. The quantitative estimate of drug-likeness (QED) is 0.711. The van der Waals surface area contributed by atoms with Crippen molar-refractivity contribution in [3.8, 4) is 0 Å². The summed E-state index contributed by atoms with van der Waals surface area (Å²) in [5.74, 6) is -0.387. The number of hydrogen-bond acceptors (Lipinski definition) is 6.